The SMILES string of the molecule is Cc1occc1C(=O)N1CCN(CCOC[C@@H]2CCCO2)CC1. The highest BCUT2D eigenvalue weighted by Gasteiger charge is 2.24. The van der Waals surface area contributed by atoms with Crippen molar-refractivity contribution in [3.63, 3.8) is 0 Å². The van der Waals surface area contributed by atoms with Crippen molar-refractivity contribution in [3.05, 3.63) is 23.7 Å². The normalized spacial score (nSPS) is 22.7. The van der Waals surface area contributed by atoms with Crippen LogP contribution in [0.15, 0.2) is 16.7 Å². The van der Waals surface area contributed by atoms with Gasteiger partial charge in [0, 0.05) is 39.3 Å². The lowest BCUT2D eigenvalue weighted by Crippen LogP contribution is -2.49. The van der Waals surface area contributed by atoms with Gasteiger partial charge in [0.2, 0.25) is 0 Å². The van der Waals surface area contributed by atoms with Crippen molar-refractivity contribution in [1.82, 2.24) is 9.80 Å². The molecule has 0 aromatic carbocycles. The summed E-state index contributed by atoms with van der Waals surface area (Å²) >= 11 is 0. The van der Waals surface area contributed by atoms with Crippen LogP contribution in [0.25, 0.3) is 0 Å². The van der Waals surface area contributed by atoms with Gasteiger partial charge in [-0.1, -0.05) is 0 Å². The van der Waals surface area contributed by atoms with Crippen LogP contribution in [0.1, 0.15) is 29.0 Å². The van der Waals surface area contributed by atoms with Crippen molar-refractivity contribution in [3.8, 4) is 0 Å². The molecule has 1 aromatic rings. The van der Waals surface area contributed by atoms with E-state index < -0.39 is 0 Å². The summed E-state index contributed by atoms with van der Waals surface area (Å²) < 4.78 is 16.5. The third kappa shape index (κ3) is 4.34. The molecule has 23 heavy (non-hydrogen) atoms. The molecule has 128 valence electrons. The zero-order valence-corrected chi connectivity index (χ0v) is 13.8. The van der Waals surface area contributed by atoms with Gasteiger partial charge in [0.05, 0.1) is 31.1 Å². The Morgan fingerprint density at radius 1 is 1.35 bits per heavy atom. The van der Waals surface area contributed by atoms with Crippen molar-refractivity contribution in [2.75, 3.05) is 52.5 Å². The van der Waals surface area contributed by atoms with Gasteiger partial charge in [-0.15, -0.1) is 0 Å². The molecule has 2 saturated heterocycles. The first kappa shape index (κ1) is 16.5. The van der Waals surface area contributed by atoms with Crippen LogP contribution >= 0.6 is 0 Å². The third-order valence-corrected chi connectivity index (χ3v) is 4.63. The van der Waals surface area contributed by atoms with E-state index in [0.717, 1.165) is 58.8 Å². The third-order valence-electron chi connectivity index (χ3n) is 4.63. The van der Waals surface area contributed by atoms with Crippen LogP contribution in [0.5, 0.6) is 0 Å². The van der Waals surface area contributed by atoms with Crippen LogP contribution in [0.4, 0.5) is 0 Å². The lowest BCUT2D eigenvalue weighted by atomic mass is 10.2. The van der Waals surface area contributed by atoms with E-state index in [1.807, 2.05) is 11.8 Å². The van der Waals surface area contributed by atoms with E-state index in [1.54, 1.807) is 12.3 Å². The lowest BCUT2D eigenvalue weighted by Gasteiger charge is -2.34. The zero-order valence-electron chi connectivity index (χ0n) is 13.8. The zero-order chi connectivity index (χ0) is 16.1. The molecule has 6 nitrogen and oxygen atoms in total. The van der Waals surface area contributed by atoms with Crippen molar-refractivity contribution >= 4 is 5.91 Å². The van der Waals surface area contributed by atoms with Gasteiger partial charge >= 0.3 is 0 Å². The van der Waals surface area contributed by atoms with Crippen molar-refractivity contribution in [2.24, 2.45) is 0 Å². The molecule has 1 amide bonds. The molecular formula is C17H26N2O4. The van der Waals surface area contributed by atoms with Gasteiger partial charge in [0.15, 0.2) is 0 Å². The molecule has 1 aromatic heterocycles. The number of hydrogen-bond acceptors (Lipinski definition) is 5. The van der Waals surface area contributed by atoms with Crippen LogP contribution in [0.3, 0.4) is 0 Å². The van der Waals surface area contributed by atoms with Crippen LogP contribution in [0.2, 0.25) is 0 Å². The number of furan rings is 1. The number of hydrogen-bond donors (Lipinski definition) is 0. The van der Waals surface area contributed by atoms with E-state index in [2.05, 4.69) is 4.90 Å². The second kappa shape index (κ2) is 7.95. The summed E-state index contributed by atoms with van der Waals surface area (Å²) in [7, 11) is 0. The first-order chi connectivity index (χ1) is 11.2. The second-order valence-corrected chi connectivity index (χ2v) is 6.23. The van der Waals surface area contributed by atoms with Gasteiger partial charge in [-0.2, -0.15) is 0 Å². The number of carbonyl (C=O) groups is 1. The molecule has 3 heterocycles. The first-order valence-electron chi connectivity index (χ1n) is 8.49. The highest BCUT2D eigenvalue weighted by atomic mass is 16.5. The van der Waals surface area contributed by atoms with Crippen molar-refractivity contribution < 1.29 is 18.7 Å². The summed E-state index contributed by atoms with van der Waals surface area (Å²) in [6, 6.07) is 1.75. The second-order valence-electron chi connectivity index (χ2n) is 6.23. The standard InChI is InChI=1S/C17H26N2O4/c1-14-16(4-11-22-14)17(20)19-7-5-18(6-8-19)9-12-21-13-15-3-2-10-23-15/h4,11,15H,2-3,5-10,12-13H2,1H3/t15-/m0/s1. The van der Waals surface area contributed by atoms with Gasteiger partial charge in [-0.25, -0.2) is 0 Å². The average Bonchev–Trinajstić information content (AvgIpc) is 3.23. The monoisotopic (exact) mass is 322 g/mol. The number of nitrogens with zero attached hydrogens (tertiary/aromatic N) is 2. The fourth-order valence-corrected chi connectivity index (χ4v) is 3.14. The molecule has 2 aliphatic heterocycles. The number of aryl methyl sites for hydroxylation is 1. The van der Waals surface area contributed by atoms with Gasteiger partial charge in [0.25, 0.3) is 5.91 Å². The van der Waals surface area contributed by atoms with E-state index in [4.69, 9.17) is 13.9 Å². The Labute approximate surface area is 137 Å². The predicted molar refractivity (Wildman–Crippen MR) is 85.6 cm³/mol. The van der Waals surface area contributed by atoms with Crippen LogP contribution < -0.4 is 0 Å². The molecule has 1 atom stereocenters. The minimum Gasteiger partial charge on any atom is -0.469 e. The molecule has 2 aliphatic rings. The number of carbonyl (C=O) groups excluding carboxylic acids is 1. The number of amides is 1. The molecule has 0 saturated carbocycles. The Balaban J connectivity index is 1.33. The summed E-state index contributed by atoms with van der Waals surface area (Å²) in [6.45, 7) is 8.36. The Bertz CT molecular complexity index is 502. The van der Waals surface area contributed by atoms with E-state index in [1.165, 1.54) is 0 Å². The molecule has 0 spiro atoms. The molecule has 3 rings (SSSR count). The molecule has 0 N–H and O–H groups in total. The van der Waals surface area contributed by atoms with E-state index in [-0.39, 0.29) is 5.91 Å². The van der Waals surface area contributed by atoms with E-state index in [0.29, 0.717) is 24.0 Å². The lowest BCUT2D eigenvalue weighted by molar-refractivity contribution is 0.00656. The molecule has 0 radical (unpaired) electrons. The van der Waals surface area contributed by atoms with E-state index >= 15 is 0 Å². The minimum absolute atomic E-state index is 0.0746. The largest absolute Gasteiger partial charge is 0.469 e. The molecule has 0 aliphatic carbocycles. The smallest absolute Gasteiger partial charge is 0.257 e. The Kier molecular flexibility index (Phi) is 5.70. The topological polar surface area (TPSA) is 55.2 Å². The highest BCUT2D eigenvalue weighted by Crippen LogP contribution is 2.14. The number of piperazine rings is 1. The Hall–Kier alpha value is -1.37. The quantitative estimate of drug-likeness (QED) is 0.744. The fourth-order valence-electron chi connectivity index (χ4n) is 3.14. The van der Waals surface area contributed by atoms with Gasteiger partial charge in [0.1, 0.15) is 5.76 Å². The maximum Gasteiger partial charge on any atom is 0.257 e. The molecule has 2 fully saturated rings. The average molecular weight is 322 g/mol. The highest BCUT2D eigenvalue weighted by molar-refractivity contribution is 5.95. The summed E-state index contributed by atoms with van der Waals surface area (Å²) in [4.78, 5) is 16.7. The van der Waals surface area contributed by atoms with E-state index in [9.17, 15) is 4.79 Å². The van der Waals surface area contributed by atoms with Gasteiger partial charge in [-0.3, -0.25) is 9.69 Å². The molecular weight excluding hydrogens is 296 g/mol. The van der Waals surface area contributed by atoms with Gasteiger partial charge in [-0.05, 0) is 25.8 Å². The number of ether oxygens (including phenoxy) is 2. The molecule has 0 unspecified atom stereocenters. The summed E-state index contributed by atoms with van der Waals surface area (Å²) in [5.41, 5.74) is 0.679. The van der Waals surface area contributed by atoms with Crippen LogP contribution in [-0.4, -0.2) is 74.4 Å². The maximum atomic E-state index is 12.4. The number of rotatable bonds is 6. The Morgan fingerprint density at radius 2 is 2.17 bits per heavy atom. The summed E-state index contributed by atoms with van der Waals surface area (Å²) in [6.07, 6.45) is 4.14. The van der Waals surface area contributed by atoms with Gasteiger partial charge < -0.3 is 18.8 Å². The van der Waals surface area contributed by atoms with Crippen LogP contribution in [-0.2, 0) is 9.47 Å². The summed E-state index contributed by atoms with van der Waals surface area (Å²) in [5, 5.41) is 0. The molecule has 0 bridgehead atoms. The summed E-state index contributed by atoms with van der Waals surface area (Å²) in [5.74, 6) is 0.769. The maximum absolute atomic E-state index is 12.4. The van der Waals surface area contributed by atoms with Crippen LogP contribution in [0, 0.1) is 6.92 Å². The predicted octanol–water partition coefficient (Wildman–Crippen LogP) is 1.54. The van der Waals surface area contributed by atoms with Crippen molar-refractivity contribution in [2.45, 2.75) is 25.9 Å². The minimum atomic E-state index is 0.0746. The molecule has 6 heteroatoms. The fraction of sp³-hybridized carbons (Fsp3) is 0.706. The Morgan fingerprint density at radius 3 is 2.83 bits per heavy atom. The van der Waals surface area contributed by atoms with Crippen molar-refractivity contribution in [1.29, 1.82) is 0 Å². The first-order valence-corrected chi connectivity index (χ1v) is 8.49.